The Kier molecular flexibility index (Phi) is 3.81. The van der Waals surface area contributed by atoms with Crippen LogP contribution in [0.1, 0.15) is 17.4 Å². The molecule has 0 fully saturated rings. The number of amides is 1. The molecular formula is C15H15BrN2OS. The van der Waals surface area contributed by atoms with Crippen LogP contribution >= 0.6 is 27.3 Å². The van der Waals surface area contributed by atoms with Crippen LogP contribution in [0.4, 0.5) is 11.4 Å². The van der Waals surface area contributed by atoms with Crippen LogP contribution in [0.15, 0.2) is 34.1 Å². The van der Waals surface area contributed by atoms with E-state index in [4.69, 9.17) is 0 Å². The number of benzene rings is 1. The third kappa shape index (κ3) is 2.60. The van der Waals surface area contributed by atoms with E-state index in [0.29, 0.717) is 0 Å². The first-order chi connectivity index (χ1) is 9.65. The van der Waals surface area contributed by atoms with Crippen molar-refractivity contribution < 1.29 is 4.79 Å². The summed E-state index contributed by atoms with van der Waals surface area (Å²) in [6, 6.07) is 8.30. The lowest BCUT2D eigenvalue weighted by molar-refractivity contribution is -0.116. The van der Waals surface area contributed by atoms with E-state index in [-0.39, 0.29) is 5.91 Å². The van der Waals surface area contributed by atoms with Crippen LogP contribution in [0.2, 0.25) is 0 Å². The van der Waals surface area contributed by atoms with Gasteiger partial charge >= 0.3 is 0 Å². The summed E-state index contributed by atoms with van der Waals surface area (Å²) in [4.78, 5) is 14.6. The van der Waals surface area contributed by atoms with Crippen molar-refractivity contribution in [3.8, 4) is 0 Å². The fraction of sp³-hybridized carbons (Fsp3) is 0.267. The number of hydrogen-bond donors (Lipinski definition) is 1. The van der Waals surface area contributed by atoms with Crippen molar-refractivity contribution >= 4 is 44.5 Å². The van der Waals surface area contributed by atoms with Crippen LogP contribution in [0.25, 0.3) is 0 Å². The molecule has 2 aromatic rings. The number of nitrogens with one attached hydrogen (secondary N) is 1. The molecule has 1 aliphatic heterocycles. The number of carbonyl (C=O) groups is 1. The summed E-state index contributed by atoms with van der Waals surface area (Å²) in [5.41, 5.74) is 3.41. The van der Waals surface area contributed by atoms with Crippen LogP contribution < -0.4 is 10.2 Å². The molecule has 1 amide bonds. The molecular weight excluding hydrogens is 336 g/mol. The van der Waals surface area contributed by atoms with Crippen LogP contribution in [0, 0.1) is 0 Å². The molecule has 1 aromatic carbocycles. The molecule has 0 saturated heterocycles. The molecule has 0 atom stereocenters. The zero-order chi connectivity index (χ0) is 14.1. The maximum Gasteiger partial charge on any atom is 0.223 e. The molecule has 20 heavy (non-hydrogen) atoms. The average Bonchev–Trinajstić information content (AvgIpc) is 3.02. The lowest BCUT2D eigenvalue weighted by atomic mass is 10.1. The summed E-state index contributed by atoms with van der Waals surface area (Å²) in [5.74, 6) is 0.118. The van der Waals surface area contributed by atoms with Gasteiger partial charge in [0.05, 0.1) is 6.54 Å². The number of anilines is 2. The lowest BCUT2D eigenvalue weighted by Crippen LogP contribution is -2.25. The number of carbonyl (C=O) groups excluding carboxylic acids is 1. The Bertz CT molecular complexity index is 653. The summed E-state index contributed by atoms with van der Waals surface area (Å²) in [6.07, 6.45) is 0.938. The zero-order valence-electron chi connectivity index (χ0n) is 11.1. The van der Waals surface area contributed by atoms with Gasteiger partial charge < -0.3 is 10.2 Å². The highest BCUT2D eigenvalue weighted by Gasteiger charge is 2.21. The summed E-state index contributed by atoms with van der Waals surface area (Å²) >= 11 is 5.28. The van der Waals surface area contributed by atoms with Gasteiger partial charge in [0.2, 0.25) is 5.91 Å². The van der Waals surface area contributed by atoms with Gasteiger partial charge in [0.1, 0.15) is 0 Å². The maximum atomic E-state index is 11.5. The van der Waals surface area contributed by atoms with Gasteiger partial charge in [-0.2, -0.15) is 0 Å². The molecule has 2 heterocycles. The molecule has 5 heteroatoms. The van der Waals surface area contributed by atoms with E-state index in [1.54, 1.807) is 18.3 Å². The second-order valence-corrected chi connectivity index (χ2v) is 6.66. The van der Waals surface area contributed by atoms with Crippen molar-refractivity contribution in [3.05, 3.63) is 44.6 Å². The molecule has 3 rings (SSSR count). The first-order valence-electron chi connectivity index (χ1n) is 6.52. The number of nitrogens with zero attached hydrogens (tertiary/aromatic N) is 1. The number of thiophene rings is 1. The Morgan fingerprint density at radius 1 is 1.45 bits per heavy atom. The summed E-state index contributed by atoms with van der Waals surface area (Å²) in [6.45, 7) is 3.23. The summed E-state index contributed by atoms with van der Waals surface area (Å²) in [7, 11) is 0. The van der Waals surface area contributed by atoms with Crippen LogP contribution in [-0.2, 0) is 17.8 Å². The monoisotopic (exact) mass is 350 g/mol. The van der Waals surface area contributed by atoms with Gasteiger partial charge in [0, 0.05) is 34.2 Å². The number of rotatable bonds is 3. The van der Waals surface area contributed by atoms with Crippen LogP contribution in [-0.4, -0.2) is 12.5 Å². The predicted molar refractivity (Wildman–Crippen MR) is 87.5 cm³/mol. The van der Waals surface area contributed by atoms with E-state index in [9.17, 15) is 4.79 Å². The summed E-state index contributed by atoms with van der Waals surface area (Å²) < 4.78 is 1.15. The molecule has 0 bridgehead atoms. The van der Waals surface area contributed by atoms with Crippen molar-refractivity contribution in [2.45, 2.75) is 19.9 Å². The fourth-order valence-corrected chi connectivity index (χ4v) is 3.90. The first-order valence-corrected chi connectivity index (χ1v) is 8.19. The predicted octanol–water partition coefficient (Wildman–Crippen LogP) is 4.03. The quantitative estimate of drug-likeness (QED) is 0.906. The molecule has 0 unspecified atom stereocenters. The van der Waals surface area contributed by atoms with E-state index in [0.717, 1.165) is 35.4 Å². The van der Waals surface area contributed by atoms with E-state index in [1.807, 2.05) is 17.0 Å². The maximum absolute atomic E-state index is 11.5. The first kappa shape index (κ1) is 13.6. The average molecular weight is 351 g/mol. The molecule has 0 saturated carbocycles. The number of halogens is 1. The van der Waals surface area contributed by atoms with Crippen molar-refractivity contribution in [1.82, 2.24) is 0 Å². The van der Waals surface area contributed by atoms with E-state index in [2.05, 4.69) is 38.8 Å². The highest BCUT2D eigenvalue weighted by molar-refractivity contribution is 9.10. The third-order valence-corrected chi connectivity index (χ3v) is 5.43. The number of fused-ring (bicyclic) bond motifs is 1. The van der Waals surface area contributed by atoms with Crippen molar-refractivity contribution in [3.63, 3.8) is 0 Å². The van der Waals surface area contributed by atoms with Gasteiger partial charge in [-0.3, -0.25) is 4.79 Å². The minimum Gasteiger partial charge on any atom is -0.380 e. The van der Waals surface area contributed by atoms with Crippen molar-refractivity contribution in [2.75, 3.05) is 16.8 Å². The van der Waals surface area contributed by atoms with Crippen molar-refractivity contribution in [1.29, 1.82) is 0 Å². The van der Waals surface area contributed by atoms with Gasteiger partial charge in [0.25, 0.3) is 0 Å². The Morgan fingerprint density at radius 2 is 2.30 bits per heavy atom. The zero-order valence-corrected chi connectivity index (χ0v) is 13.6. The third-order valence-electron chi connectivity index (χ3n) is 3.50. The Labute approximate surface area is 130 Å². The SMILES string of the molecule is CC(=O)N1CCc2cc(NCc3sccc3Br)ccc21. The Morgan fingerprint density at radius 3 is 3.00 bits per heavy atom. The largest absolute Gasteiger partial charge is 0.380 e. The minimum atomic E-state index is 0.118. The van der Waals surface area contributed by atoms with Gasteiger partial charge in [-0.25, -0.2) is 0 Å². The molecule has 1 aliphatic rings. The minimum absolute atomic E-state index is 0.118. The number of hydrogen-bond acceptors (Lipinski definition) is 3. The van der Waals surface area contributed by atoms with Gasteiger partial charge in [-0.05, 0) is 57.6 Å². The van der Waals surface area contributed by atoms with E-state index >= 15 is 0 Å². The topological polar surface area (TPSA) is 32.3 Å². The Balaban J connectivity index is 1.74. The molecule has 3 nitrogen and oxygen atoms in total. The lowest BCUT2D eigenvalue weighted by Gasteiger charge is -2.15. The van der Waals surface area contributed by atoms with Gasteiger partial charge in [-0.1, -0.05) is 0 Å². The Hall–Kier alpha value is -1.33. The fourth-order valence-electron chi connectivity index (χ4n) is 2.47. The van der Waals surface area contributed by atoms with Gasteiger partial charge in [-0.15, -0.1) is 11.3 Å². The van der Waals surface area contributed by atoms with E-state index < -0.39 is 0 Å². The molecule has 0 radical (unpaired) electrons. The second kappa shape index (κ2) is 5.58. The normalized spacial score (nSPS) is 13.4. The van der Waals surface area contributed by atoms with Crippen LogP contribution in [0.5, 0.6) is 0 Å². The van der Waals surface area contributed by atoms with Crippen LogP contribution in [0.3, 0.4) is 0 Å². The molecule has 1 N–H and O–H groups in total. The van der Waals surface area contributed by atoms with Gasteiger partial charge in [0.15, 0.2) is 0 Å². The standard InChI is InChI=1S/C15H15BrN2OS/c1-10(19)18-6-4-11-8-12(2-3-14(11)18)17-9-15-13(16)5-7-20-15/h2-3,5,7-8,17H,4,6,9H2,1H3. The molecule has 0 aliphatic carbocycles. The smallest absolute Gasteiger partial charge is 0.223 e. The van der Waals surface area contributed by atoms with Crippen molar-refractivity contribution in [2.24, 2.45) is 0 Å². The summed E-state index contributed by atoms with van der Waals surface area (Å²) in [5, 5.41) is 5.52. The molecule has 104 valence electrons. The molecule has 1 aromatic heterocycles. The highest BCUT2D eigenvalue weighted by Crippen LogP contribution is 2.31. The second-order valence-electron chi connectivity index (χ2n) is 4.81. The highest BCUT2D eigenvalue weighted by atomic mass is 79.9. The van der Waals surface area contributed by atoms with E-state index in [1.165, 1.54) is 10.4 Å². The molecule has 0 spiro atoms.